The van der Waals surface area contributed by atoms with Gasteiger partial charge in [0, 0.05) is 17.5 Å². The number of hydrogen-bond acceptors (Lipinski definition) is 4. The minimum atomic E-state index is -0.228. The Morgan fingerprint density at radius 3 is 2.48 bits per heavy atom. The summed E-state index contributed by atoms with van der Waals surface area (Å²) in [5.74, 6) is -0.426. The van der Waals surface area contributed by atoms with Crippen LogP contribution < -0.4 is 10.6 Å². The Hall–Kier alpha value is -2.18. The molecule has 5 nitrogen and oxygen atoms in total. The Morgan fingerprint density at radius 1 is 1.13 bits per heavy atom. The molecule has 0 bridgehead atoms. The van der Waals surface area contributed by atoms with E-state index >= 15 is 0 Å². The van der Waals surface area contributed by atoms with E-state index in [9.17, 15) is 9.59 Å². The molecule has 0 fully saturated rings. The van der Waals surface area contributed by atoms with Crippen molar-refractivity contribution in [1.29, 1.82) is 0 Å². The van der Waals surface area contributed by atoms with E-state index in [0.29, 0.717) is 12.1 Å². The van der Waals surface area contributed by atoms with Crippen LogP contribution in [-0.2, 0) is 4.79 Å². The number of nitrogens with one attached hydrogen (secondary N) is 2. The molecule has 0 spiro atoms. The molecule has 122 valence electrons. The fraction of sp³-hybridized carbons (Fsp3) is 0.294. The lowest BCUT2D eigenvalue weighted by Crippen LogP contribution is -2.40. The predicted octanol–water partition coefficient (Wildman–Crippen LogP) is 1.90. The molecule has 0 saturated heterocycles. The monoisotopic (exact) mass is 331 g/mol. The molecule has 2 aromatic rings. The largest absolute Gasteiger partial charge is 0.353 e. The molecule has 1 atom stereocenters. The summed E-state index contributed by atoms with van der Waals surface area (Å²) in [6.45, 7) is 0.466. The number of amides is 2. The van der Waals surface area contributed by atoms with Gasteiger partial charge in [0.2, 0.25) is 5.91 Å². The zero-order valence-electron chi connectivity index (χ0n) is 13.3. The molecule has 0 unspecified atom stereocenters. The molecule has 0 radical (unpaired) electrons. The summed E-state index contributed by atoms with van der Waals surface area (Å²) in [6, 6.07) is 11.8. The number of thiophene rings is 1. The van der Waals surface area contributed by atoms with Crippen molar-refractivity contribution in [1.82, 2.24) is 15.5 Å². The lowest BCUT2D eigenvalue weighted by atomic mass is 10.1. The molecule has 1 aromatic carbocycles. The normalized spacial score (nSPS) is 12.0. The number of likely N-dealkylation sites (N-methyl/N-ethyl adjacent to an activating group) is 1. The summed E-state index contributed by atoms with van der Waals surface area (Å²) < 4.78 is 0. The van der Waals surface area contributed by atoms with Crippen molar-refractivity contribution in [2.75, 3.05) is 27.2 Å². The fourth-order valence-electron chi connectivity index (χ4n) is 2.20. The van der Waals surface area contributed by atoms with Crippen molar-refractivity contribution >= 4 is 23.2 Å². The van der Waals surface area contributed by atoms with Crippen LogP contribution in [0.2, 0.25) is 0 Å². The number of nitrogens with zero attached hydrogens (tertiary/aromatic N) is 1. The number of benzene rings is 1. The Labute approximate surface area is 140 Å². The van der Waals surface area contributed by atoms with Gasteiger partial charge >= 0.3 is 0 Å². The van der Waals surface area contributed by atoms with Gasteiger partial charge in [0.05, 0.1) is 12.6 Å². The highest BCUT2D eigenvalue weighted by Gasteiger charge is 2.15. The van der Waals surface area contributed by atoms with E-state index in [-0.39, 0.29) is 24.4 Å². The molecule has 1 aromatic heterocycles. The van der Waals surface area contributed by atoms with Gasteiger partial charge in [0.1, 0.15) is 0 Å². The molecule has 0 aliphatic heterocycles. The van der Waals surface area contributed by atoms with Crippen molar-refractivity contribution in [3.05, 3.63) is 58.3 Å². The van der Waals surface area contributed by atoms with Crippen molar-refractivity contribution in [3.63, 3.8) is 0 Å². The van der Waals surface area contributed by atoms with Gasteiger partial charge in [-0.3, -0.25) is 9.59 Å². The zero-order valence-corrected chi connectivity index (χ0v) is 14.1. The van der Waals surface area contributed by atoms with E-state index in [0.717, 1.165) is 5.56 Å². The zero-order chi connectivity index (χ0) is 16.7. The van der Waals surface area contributed by atoms with Crippen LogP contribution in [0, 0.1) is 0 Å². The van der Waals surface area contributed by atoms with E-state index in [2.05, 4.69) is 15.5 Å². The average molecular weight is 331 g/mol. The van der Waals surface area contributed by atoms with E-state index in [1.54, 1.807) is 11.4 Å². The third kappa shape index (κ3) is 5.19. The molecule has 0 saturated carbocycles. The molecule has 6 heteroatoms. The Morgan fingerprint density at radius 2 is 1.87 bits per heavy atom. The maximum Gasteiger partial charge on any atom is 0.252 e. The van der Waals surface area contributed by atoms with Gasteiger partial charge < -0.3 is 15.5 Å². The van der Waals surface area contributed by atoms with Crippen LogP contribution in [0.25, 0.3) is 0 Å². The van der Waals surface area contributed by atoms with Gasteiger partial charge in [-0.1, -0.05) is 30.3 Å². The quantitative estimate of drug-likeness (QED) is 0.814. The summed E-state index contributed by atoms with van der Waals surface area (Å²) in [4.78, 5) is 25.8. The second-order valence-electron chi connectivity index (χ2n) is 5.39. The van der Waals surface area contributed by atoms with Gasteiger partial charge in [-0.05, 0) is 31.1 Å². The molecule has 2 amide bonds. The van der Waals surface area contributed by atoms with Gasteiger partial charge in [0.25, 0.3) is 5.91 Å². The highest BCUT2D eigenvalue weighted by atomic mass is 32.1. The standard InChI is InChI=1S/C17H21N3O2S/c1-20(2)15(13-6-4-3-5-7-13)10-18-16(21)11-19-17(22)14-8-9-23-12-14/h3-9,12,15H,10-11H2,1-2H3,(H,18,21)(H,19,22)/t15-/m1/s1. The van der Waals surface area contributed by atoms with Crippen LogP contribution in [0.15, 0.2) is 47.2 Å². The van der Waals surface area contributed by atoms with E-state index in [1.807, 2.05) is 49.8 Å². The third-order valence-electron chi connectivity index (χ3n) is 3.49. The lowest BCUT2D eigenvalue weighted by Gasteiger charge is -2.25. The van der Waals surface area contributed by atoms with Crippen LogP contribution >= 0.6 is 11.3 Å². The first-order valence-electron chi connectivity index (χ1n) is 7.36. The van der Waals surface area contributed by atoms with Crippen molar-refractivity contribution in [2.24, 2.45) is 0 Å². The van der Waals surface area contributed by atoms with Crippen LogP contribution in [0.1, 0.15) is 22.0 Å². The minimum Gasteiger partial charge on any atom is -0.353 e. The number of carbonyl (C=O) groups excluding carboxylic acids is 2. The summed E-state index contributed by atoms with van der Waals surface area (Å²) in [7, 11) is 3.95. The fourth-order valence-corrected chi connectivity index (χ4v) is 2.84. The molecule has 2 rings (SSSR count). The van der Waals surface area contributed by atoms with Crippen LogP contribution in [0.5, 0.6) is 0 Å². The van der Waals surface area contributed by atoms with Gasteiger partial charge in [-0.25, -0.2) is 0 Å². The molecule has 1 heterocycles. The van der Waals surface area contributed by atoms with E-state index < -0.39 is 0 Å². The van der Waals surface area contributed by atoms with E-state index in [4.69, 9.17) is 0 Å². The number of carbonyl (C=O) groups is 2. The molecule has 2 N–H and O–H groups in total. The van der Waals surface area contributed by atoms with Crippen LogP contribution in [0.3, 0.4) is 0 Å². The van der Waals surface area contributed by atoms with Crippen molar-refractivity contribution in [2.45, 2.75) is 6.04 Å². The summed E-state index contributed by atoms with van der Waals surface area (Å²) in [5, 5.41) is 9.07. The first-order chi connectivity index (χ1) is 11.1. The Balaban J connectivity index is 1.81. The first-order valence-corrected chi connectivity index (χ1v) is 8.30. The van der Waals surface area contributed by atoms with E-state index in [1.165, 1.54) is 11.3 Å². The highest BCUT2D eigenvalue weighted by molar-refractivity contribution is 7.08. The first kappa shape index (κ1) is 17.2. The van der Waals surface area contributed by atoms with Gasteiger partial charge in [-0.2, -0.15) is 11.3 Å². The lowest BCUT2D eigenvalue weighted by molar-refractivity contribution is -0.120. The minimum absolute atomic E-state index is 0.0242. The van der Waals surface area contributed by atoms with Gasteiger partial charge in [-0.15, -0.1) is 0 Å². The van der Waals surface area contributed by atoms with Crippen LogP contribution in [0.4, 0.5) is 0 Å². The summed E-state index contributed by atoms with van der Waals surface area (Å²) >= 11 is 1.45. The summed E-state index contributed by atoms with van der Waals surface area (Å²) in [5.41, 5.74) is 1.72. The second kappa shape index (κ2) is 8.45. The number of rotatable bonds is 7. The summed E-state index contributed by atoms with van der Waals surface area (Å²) in [6.07, 6.45) is 0. The maximum atomic E-state index is 11.9. The SMILES string of the molecule is CN(C)[C@H](CNC(=O)CNC(=O)c1ccsc1)c1ccccc1. The smallest absolute Gasteiger partial charge is 0.252 e. The molecular formula is C17H21N3O2S. The molecule has 0 aliphatic carbocycles. The van der Waals surface area contributed by atoms with Gasteiger partial charge in [0.15, 0.2) is 0 Å². The molecular weight excluding hydrogens is 310 g/mol. The van der Waals surface area contributed by atoms with Crippen molar-refractivity contribution in [3.8, 4) is 0 Å². The molecule has 0 aliphatic rings. The van der Waals surface area contributed by atoms with Crippen LogP contribution in [-0.4, -0.2) is 43.9 Å². The average Bonchev–Trinajstić information content (AvgIpc) is 3.08. The Kier molecular flexibility index (Phi) is 6.31. The second-order valence-corrected chi connectivity index (χ2v) is 6.17. The van der Waals surface area contributed by atoms with Crippen molar-refractivity contribution < 1.29 is 9.59 Å². The number of hydrogen-bond donors (Lipinski definition) is 2. The topological polar surface area (TPSA) is 61.4 Å². The maximum absolute atomic E-state index is 11.9. The third-order valence-corrected chi connectivity index (χ3v) is 4.18. The molecule has 23 heavy (non-hydrogen) atoms. The highest BCUT2D eigenvalue weighted by Crippen LogP contribution is 2.16. The predicted molar refractivity (Wildman–Crippen MR) is 92.5 cm³/mol. The Bertz CT molecular complexity index is 627.